The van der Waals surface area contributed by atoms with E-state index in [1.54, 1.807) is 0 Å². The quantitative estimate of drug-likeness (QED) is 0.796. The first-order valence-corrected chi connectivity index (χ1v) is 8.40. The maximum Gasteiger partial charge on any atom is 0.0192 e. The molecule has 112 valence electrons. The molecule has 3 heteroatoms. The van der Waals surface area contributed by atoms with Crippen molar-refractivity contribution in [1.82, 2.24) is 15.1 Å². The van der Waals surface area contributed by atoms with Gasteiger partial charge in [-0.3, -0.25) is 4.90 Å². The summed E-state index contributed by atoms with van der Waals surface area (Å²) in [5, 5.41) is 3.80. The average Bonchev–Trinajstić information content (AvgIpc) is 2.98. The van der Waals surface area contributed by atoms with E-state index in [1.807, 2.05) is 0 Å². The number of nitrogens with one attached hydrogen (secondary N) is 1. The Kier molecular flexibility index (Phi) is 6.11. The zero-order valence-corrected chi connectivity index (χ0v) is 13.2. The molecule has 19 heavy (non-hydrogen) atoms. The van der Waals surface area contributed by atoms with Crippen molar-refractivity contribution < 1.29 is 0 Å². The second-order valence-corrected chi connectivity index (χ2v) is 6.56. The Hall–Kier alpha value is -0.120. The van der Waals surface area contributed by atoms with Crippen LogP contribution in [0.1, 0.15) is 46.5 Å². The van der Waals surface area contributed by atoms with Crippen molar-refractivity contribution in [2.24, 2.45) is 5.92 Å². The van der Waals surface area contributed by atoms with Gasteiger partial charge in [-0.25, -0.2) is 0 Å². The van der Waals surface area contributed by atoms with Crippen molar-refractivity contribution in [3.63, 3.8) is 0 Å². The van der Waals surface area contributed by atoms with Crippen LogP contribution in [-0.4, -0.2) is 61.2 Å². The molecule has 2 aliphatic heterocycles. The highest BCUT2D eigenvalue weighted by atomic mass is 15.2. The van der Waals surface area contributed by atoms with E-state index in [0.29, 0.717) is 12.1 Å². The summed E-state index contributed by atoms with van der Waals surface area (Å²) in [6.07, 6.45) is 5.55. The summed E-state index contributed by atoms with van der Waals surface area (Å²) in [5.74, 6) is 0.883. The number of likely N-dealkylation sites (tertiary alicyclic amines) is 2. The standard InChI is InChI=1S/C16H33N3/c1-4-18-11-7-16(8-12-18)15(3)17-13-14(2)19-9-5-6-10-19/h14-17H,4-13H2,1-3H3. The van der Waals surface area contributed by atoms with Crippen molar-refractivity contribution in [2.45, 2.75) is 58.5 Å². The number of hydrogen-bond donors (Lipinski definition) is 1. The van der Waals surface area contributed by atoms with Gasteiger partial charge in [0.1, 0.15) is 0 Å². The van der Waals surface area contributed by atoms with E-state index in [2.05, 4.69) is 35.9 Å². The maximum atomic E-state index is 3.80. The fourth-order valence-electron chi connectivity index (χ4n) is 3.60. The van der Waals surface area contributed by atoms with E-state index in [4.69, 9.17) is 0 Å². The fourth-order valence-corrected chi connectivity index (χ4v) is 3.60. The molecule has 2 rings (SSSR count). The van der Waals surface area contributed by atoms with Crippen LogP contribution in [0.2, 0.25) is 0 Å². The van der Waals surface area contributed by atoms with Crippen LogP contribution in [0.4, 0.5) is 0 Å². The highest BCUT2D eigenvalue weighted by molar-refractivity contribution is 4.81. The lowest BCUT2D eigenvalue weighted by Crippen LogP contribution is -2.46. The largest absolute Gasteiger partial charge is 0.312 e. The highest BCUT2D eigenvalue weighted by Crippen LogP contribution is 2.20. The normalized spacial score (nSPS) is 26.7. The average molecular weight is 267 g/mol. The summed E-state index contributed by atoms with van der Waals surface area (Å²) in [4.78, 5) is 5.22. The number of nitrogens with zero attached hydrogens (tertiary/aromatic N) is 2. The first-order chi connectivity index (χ1) is 9.20. The predicted octanol–water partition coefficient (Wildman–Crippen LogP) is 2.18. The van der Waals surface area contributed by atoms with E-state index in [-0.39, 0.29) is 0 Å². The summed E-state index contributed by atoms with van der Waals surface area (Å²) in [6.45, 7) is 14.7. The van der Waals surface area contributed by atoms with Gasteiger partial charge in [-0.1, -0.05) is 6.92 Å². The van der Waals surface area contributed by atoms with Gasteiger partial charge in [0.15, 0.2) is 0 Å². The minimum atomic E-state index is 0.684. The molecule has 0 amide bonds. The van der Waals surface area contributed by atoms with Gasteiger partial charge in [-0.2, -0.15) is 0 Å². The van der Waals surface area contributed by atoms with Gasteiger partial charge in [-0.15, -0.1) is 0 Å². The van der Waals surface area contributed by atoms with Crippen LogP contribution in [0, 0.1) is 5.92 Å². The molecule has 3 nitrogen and oxygen atoms in total. The highest BCUT2D eigenvalue weighted by Gasteiger charge is 2.24. The Morgan fingerprint density at radius 1 is 1.05 bits per heavy atom. The molecule has 2 atom stereocenters. The van der Waals surface area contributed by atoms with Crippen LogP contribution < -0.4 is 5.32 Å². The molecule has 2 unspecified atom stereocenters. The third kappa shape index (κ3) is 4.44. The molecule has 0 bridgehead atoms. The van der Waals surface area contributed by atoms with Crippen LogP contribution in [0.3, 0.4) is 0 Å². The molecule has 0 aromatic carbocycles. The SMILES string of the molecule is CCN1CCC(C(C)NCC(C)N2CCCC2)CC1. The third-order valence-corrected chi connectivity index (χ3v) is 5.29. The summed E-state index contributed by atoms with van der Waals surface area (Å²) >= 11 is 0. The second-order valence-electron chi connectivity index (χ2n) is 6.56. The lowest BCUT2D eigenvalue weighted by atomic mass is 9.90. The minimum absolute atomic E-state index is 0.684. The molecule has 0 aliphatic carbocycles. The zero-order chi connectivity index (χ0) is 13.7. The van der Waals surface area contributed by atoms with E-state index in [9.17, 15) is 0 Å². The second kappa shape index (κ2) is 7.61. The molecule has 0 aromatic heterocycles. The molecule has 0 radical (unpaired) electrons. The van der Waals surface area contributed by atoms with Crippen LogP contribution >= 0.6 is 0 Å². The molecule has 2 aliphatic rings. The Bertz CT molecular complexity index is 242. The number of rotatable bonds is 6. The van der Waals surface area contributed by atoms with Crippen molar-refractivity contribution in [3.05, 3.63) is 0 Å². The van der Waals surface area contributed by atoms with E-state index >= 15 is 0 Å². The summed E-state index contributed by atoms with van der Waals surface area (Å²) in [7, 11) is 0. The lowest BCUT2D eigenvalue weighted by Gasteiger charge is -2.35. The molecule has 2 fully saturated rings. The van der Waals surface area contributed by atoms with Crippen LogP contribution in [0.5, 0.6) is 0 Å². The van der Waals surface area contributed by atoms with Crippen molar-refractivity contribution in [3.8, 4) is 0 Å². The van der Waals surface area contributed by atoms with Crippen molar-refractivity contribution >= 4 is 0 Å². The van der Waals surface area contributed by atoms with E-state index in [0.717, 1.165) is 12.5 Å². The molecular formula is C16H33N3. The summed E-state index contributed by atoms with van der Waals surface area (Å²) < 4.78 is 0. The van der Waals surface area contributed by atoms with Gasteiger partial charge in [0.2, 0.25) is 0 Å². The Balaban J connectivity index is 1.65. The van der Waals surface area contributed by atoms with Gasteiger partial charge in [0.25, 0.3) is 0 Å². The van der Waals surface area contributed by atoms with Crippen LogP contribution in [0.25, 0.3) is 0 Å². The monoisotopic (exact) mass is 267 g/mol. The van der Waals surface area contributed by atoms with Crippen molar-refractivity contribution in [2.75, 3.05) is 39.3 Å². The number of piperidine rings is 1. The molecular weight excluding hydrogens is 234 g/mol. The first-order valence-electron chi connectivity index (χ1n) is 8.40. The molecule has 0 saturated carbocycles. The van der Waals surface area contributed by atoms with Gasteiger partial charge < -0.3 is 10.2 Å². The fraction of sp³-hybridized carbons (Fsp3) is 1.00. The summed E-state index contributed by atoms with van der Waals surface area (Å²) in [5.41, 5.74) is 0. The smallest absolute Gasteiger partial charge is 0.0192 e. The van der Waals surface area contributed by atoms with Gasteiger partial charge in [0, 0.05) is 18.6 Å². The van der Waals surface area contributed by atoms with Crippen LogP contribution in [0.15, 0.2) is 0 Å². The molecule has 1 N–H and O–H groups in total. The Labute approximate surface area is 119 Å². The Morgan fingerprint density at radius 2 is 1.68 bits per heavy atom. The van der Waals surface area contributed by atoms with E-state index in [1.165, 1.54) is 58.4 Å². The predicted molar refractivity (Wildman–Crippen MR) is 82.6 cm³/mol. The van der Waals surface area contributed by atoms with Gasteiger partial charge >= 0.3 is 0 Å². The molecule has 2 heterocycles. The molecule has 0 aromatic rings. The minimum Gasteiger partial charge on any atom is -0.312 e. The van der Waals surface area contributed by atoms with Gasteiger partial charge in [-0.05, 0) is 78.2 Å². The lowest BCUT2D eigenvalue weighted by molar-refractivity contribution is 0.162. The topological polar surface area (TPSA) is 18.5 Å². The molecule has 2 saturated heterocycles. The zero-order valence-electron chi connectivity index (χ0n) is 13.2. The van der Waals surface area contributed by atoms with E-state index < -0.39 is 0 Å². The maximum absolute atomic E-state index is 3.80. The summed E-state index contributed by atoms with van der Waals surface area (Å²) in [6, 6.07) is 1.39. The molecule has 0 spiro atoms. The van der Waals surface area contributed by atoms with Gasteiger partial charge in [0.05, 0.1) is 0 Å². The third-order valence-electron chi connectivity index (χ3n) is 5.29. The van der Waals surface area contributed by atoms with Crippen molar-refractivity contribution in [1.29, 1.82) is 0 Å². The number of hydrogen-bond acceptors (Lipinski definition) is 3. The first kappa shape index (κ1) is 15.3. The van der Waals surface area contributed by atoms with Crippen LogP contribution in [-0.2, 0) is 0 Å². The Morgan fingerprint density at radius 3 is 2.26 bits per heavy atom.